The molecule has 0 spiro atoms. The van der Waals surface area contributed by atoms with Crippen LogP contribution in [-0.2, 0) is 9.59 Å². The zero-order valence-corrected chi connectivity index (χ0v) is 18.1. The second-order valence-corrected chi connectivity index (χ2v) is 8.83. The predicted octanol–water partition coefficient (Wildman–Crippen LogP) is 4.37. The lowest BCUT2D eigenvalue weighted by atomic mass is 10.0. The number of rotatable bonds is 5. The van der Waals surface area contributed by atoms with Crippen LogP contribution in [-0.4, -0.2) is 39.5 Å². The molecule has 30 heavy (non-hydrogen) atoms. The summed E-state index contributed by atoms with van der Waals surface area (Å²) in [6, 6.07) is 14.9. The number of anilines is 1. The molecule has 0 saturated carbocycles. The first-order chi connectivity index (χ1) is 14.4. The maximum absolute atomic E-state index is 13.1. The quantitative estimate of drug-likeness (QED) is 0.780. The molecule has 0 fully saturated rings. The van der Waals surface area contributed by atoms with Crippen molar-refractivity contribution >= 4 is 46.0 Å². The molecule has 2 aliphatic heterocycles. The Bertz CT molecular complexity index is 1040. The Balaban J connectivity index is 1.53. The summed E-state index contributed by atoms with van der Waals surface area (Å²) in [5, 5.41) is 3.39. The number of para-hydroxylation sites is 1. The van der Waals surface area contributed by atoms with Crippen LogP contribution in [0.5, 0.6) is 0 Å². The molecule has 2 heterocycles. The second-order valence-electron chi connectivity index (χ2n) is 7.89. The van der Waals surface area contributed by atoms with Gasteiger partial charge in [-0.2, -0.15) is 0 Å². The second kappa shape index (κ2) is 8.44. The first-order valence-electron chi connectivity index (χ1n) is 10.0. The molecule has 2 aliphatic rings. The van der Waals surface area contributed by atoms with Crippen LogP contribution in [0.3, 0.4) is 0 Å². The number of fused-ring (bicyclic) bond motifs is 3. The molecule has 154 valence electrons. The molecular formula is C23H24N4O2S. The third-order valence-corrected chi connectivity index (χ3v) is 5.85. The Morgan fingerprint density at radius 3 is 2.63 bits per heavy atom. The predicted molar refractivity (Wildman–Crippen MR) is 122 cm³/mol. The fourth-order valence-corrected chi connectivity index (χ4v) is 4.26. The van der Waals surface area contributed by atoms with Crippen LogP contribution in [0.1, 0.15) is 31.4 Å². The van der Waals surface area contributed by atoms with E-state index in [0.29, 0.717) is 23.3 Å². The normalized spacial score (nSPS) is 17.4. The monoisotopic (exact) mass is 420 g/mol. The van der Waals surface area contributed by atoms with Gasteiger partial charge in [-0.15, -0.1) is 0 Å². The number of aryl methyl sites for hydroxylation is 1. The summed E-state index contributed by atoms with van der Waals surface area (Å²) in [5.41, 5.74) is 3.50. The first kappa shape index (κ1) is 20.3. The highest BCUT2D eigenvalue weighted by Crippen LogP contribution is 2.34. The van der Waals surface area contributed by atoms with E-state index in [1.165, 1.54) is 11.8 Å². The van der Waals surface area contributed by atoms with Gasteiger partial charge in [-0.05, 0) is 43.5 Å². The van der Waals surface area contributed by atoms with Gasteiger partial charge >= 0.3 is 0 Å². The number of amides is 2. The highest BCUT2D eigenvalue weighted by atomic mass is 32.2. The smallest absolute Gasteiger partial charge is 0.259 e. The summed E-state index contributed by atoms with van der Waals surface area (Å²) < 4.78 is 0. The molecule has 0 aliphatic carbocycles. The van der Waals surface area contributed by atoms with Crippen LogP contribution in [0.4, 0.5) is 11.4 Å². The minimum atomic E-state index is -0.404. The number of carbonyl (C=O) groups excluding carboxylic acids is 2. The average molecular weight is 421 g/mol. The van der Waals surface area contributed by atoms with E-state index in [9.17, 15) is 9.59 Å². The summed E-state index contributed by atoms with van der Waals surface area (Å²) in [6.07, 6.45) is 0.687. The molecule has 0 radical (unpaired) electrons. The van der Waals surface area contributed by atoms with Gasteiger partial charge in [0.25, 0.3) is 5.91 Å². The molecule has 1 N–H and O–H groups in total. The van der Waals surface area contributed by atoms with E-state index >= 15 is 0 Å². The minimum absolute atomic E-state index is 0.0709. The van der Waals surface area contributed by atoms with Gasteiger partial charge in [0.05, 0.1) is 11.4 Å². The van der Waals surface area contributed by atoms with Crippen molar-refractivity contribution in [1.29, 1.82) is 0 Å². The summed E-state index contributed by atoms with van der Waals surface area (Å²) in [4.78, 5) is 36.5. The Hall–Kier alpha value is -2.93. The van der Waals surface area contributed by atoms with Gasteiger partial charge in [0, 0.05) is 11.3 Å². The maximum atomic E-state index is 13.1. The molecule has 7 heteroatoms. The summed E-state index contributed by atoms with van der Waals surface area (Å²) in [7, 11) is 0. The minimum Gasteiger partial charge on any atom is -0.325 e. The fraction of sp³-hybridized carbons (Fsp3) is 0.304. The zero-order chi connectivity index (χ0) is 21.3. The molecule has 2 aromatic carbocycles. The molecule has 0 unspecified atom stereocenters. The van der Waals surface area contributed by atoms with Crippen molar-refractivity contribution in [1.82, 2.24) is 4.90 Å². The number of aliphatic imine (C=N–C) groups is 2. The summed E-state index contributed by atoms with van der Waals surface area (Å²) >= 11 is 1.25. The third kappa shape index (κ3) is 4.16. The molecule has 2 aromatic rings. The van der Waals surface area contributed by atoms with Crippen LogP contribution in [0.2, 0.25) is 0 Å². The Labute approximate surface area is 180 Å². The lowest BCUT2D eigenvalue weighted by Gasteiger charge is -2.25. The van der Waals surface area contributed by atoms with Gasteiger partial charge in [0.1, 0.15) is 11.9 Å². The first-order valence-corrected chi connectivity index (χ1v) is 11.0. The van der Waals surface area contributed by atoms with Crippen LogP contribution >= 0.6 is 11.8 Å². The van der Waals surface area contributed by atoms with Crippen LogP contribution < -0.4 is 5.32 Å². The SMILES string of the molecule is Cc1ccc(NC(=O)CSC2=Nc3ccccc3C3=N[C@@H](CC(C)C)C(=O)N23)cc1. The molecule has 4 rings (SSSR count). The van der Waals surface area contributed by atoms with Gasteiger partial charge < -0.3 is 5.32 Å². The van der Waals surface area contributed by atoms with Crippen molar-refractivity contribution in [2.45, 2.75) is 33.2 Å². The number of nitrogens with zero attached hydrogens (tertiary/aromatic N) is 3. The summed E-state index contributed by atoms with van der Waals surface area (Å²) in [6.45, 7) is 6.16. The van der Waals surface area contributed by atoms with Crippen molar-refractivity contribution in [3.8, 4) is 0 Å². The molecular weight excluding hydrogens is 396 g/mol. The highest BCUT2D eigenvalue weighted by molar-refractivity contribution is 8.14. The van der Waals surface area contributed by atoms with E-state index < -0.39 is 6.04 Å². The topological polar surface area (TPSA) is 74.1 Å². The van der Waals surface area contributed by atoms with Crippen LogP contribution in [0.15, 0.2) is 58.5 Å². The molecule has 2 amide bonds. The largest absolute Gasteiger partial charge is 0.325 e. The van der Waals surface area contributed by atoms with Crippen molar-refractivity contribution in [3.05, 3.63) is 59.7 Å². The Morgan fingerprint density at radius 1 is 1.17 bits per heavy atom. The number of carbonyl (C=O) groups is 2. The van der Waals surface area contributed by atoms with E-state index in [1.807, 2.05) is 55.5 Å². The van der Waals surface area contributed by atoms with Gasteiger partial charge in [-0.3, -0.25) is 14.6 Å². The van der Waals surface area contributed by atoms with Gasteiger partial charge in [0.2, 0.25) is 5.91 Å². The summed E-state index contributed by atoms with van der Waals surface area (Å²) in [5.74, 6) is 0.930. The third-order valence-electron chi connectivity index (χ3n) is 4.91. The molecule has 0 bridgehead atoms. The van der Waals surface area contributed by atoms with Gasteiger partial charge in [-0.25, -0.2) is 9.89 Å². The van der Waals surface area contributed by atoms with Crippen LogP contribution in [0.25, 0.3) is 0 Å². The lowest BCUT2D eigenvalue weighted by Crippen LogP contribution is -2.41. The standard InChI is InChI=1S/C23H24N4O2S/c1-14(2)12-19-22(29)27-21(25-19)17-6-4-5-7-18(17)26-23(27)30-13-20(28)24-16-10-8-15(3)9-11-16/h4-11,14,19H,12-13H2,1-3H3,(H,24,28)/t19-/m0/s1. The Kier molecular flexibility index (Phi) is 5.72. The number of nitrogens with one attached hydrogen (secondary N) is 1. The zero-order valence-electron chi connectivity index (χ0n) is 17.3. The number of amidine groups is 2. The van der Waals surface area contributed by atoms with Crippen molar-refractivity contribution in [3.63, 3.8) is 0 Å². The van der Waals surface area contributed by atoms with E-state index in [2.05, 4.69) is 24.2 Å². The lowest BCUT2D eigenvalue weighted by molar-refractivity contribution is -0.125. The molecule has 0 saturated heterocycles. The highest BCUT2D eigenvalue weighted by Gasteiger charge is 2.41. The maximum Gasteiger partial charge on any atom is 0.259 e. The van der Waals surface area contributed by atoms with Gasteiger partial charge in [-0.1, -0.05) is 55.4 Å². The molecule has 0 aromatic heterocycles. The van der Waals surface area contributed by atoms with E-state index in [-0.39, 0.29) is 17.6 Å². The van der Waals surface area contributed by atoms with Crippen molar-refractivity contribution in [2.75, 3.05) is 11.1 Å². The van der Waals surface area contributed by atoms with E-state index in [4.69, 9.17) is 4.99 Å². The average Bonchev–Trinajstić information content (AvgIpc) is 3.04. The fourth-order valence-electron chi connectivity index (χ4n) is 3.46. The number of hydrogen-bond donors (Lipinski definition) is 1. The van der Waals surface area contributed by atoms with Crippen molar-refractivity contribution < 1.29 is 9.59 Å². The van der Waals surface area contributed by atoms with Gasteiger partial charge in [0.15, 0.2) is 5.17 Å². The molecule has 6 nitrogen and oxygen atoms in total. The molecule has 1 atom stereocenters. The number of benzene rings is 2. The van der Waals surface area contributed by atoms with E-state index in [1.54, 1.807) is 4.90 Å². The van der Waals surface area contributed by atoms with Crippen LogP contribution in [0, 0.1) is 12.8 Å². The Morgan fingerprint density at radius 2 is 1.90 bits per heavy atom. The van der Waals surface area contributed by atoms with E-state index in [0.717, 1.165) is 22.5 Å². The number of thioether (sulfide) groups is 1. The van der Waals surface area contributed by atoms with Crippen molar-refractivity contribution in [2.24, 2.45) is 15.9 Å². The number of hydrogen-bond acceptors (Lipinski definition) is 5.